The zero-order chi connectivity index (χ0) is 14.5. The van der Waals surface area contributed by atoms with Crippen molar-refractivity contribution in [3.63, 3.8) is 0 Å². The van der Waals surface area contributed by atoms with Crippen molar-refractivity contribution in [1.29, 1.82) is 0 Å². The van der Waals surface area contributed by atoms with E-state index in [9.17, 15) is 9.18 Å². The van der Waals surface area contributed by atoms with Crippen LogP contribution >= 0.6 is 11.3 Å². The smallest absolute Gasteiger partial charge is 0.253 e. The Morgan fingerprint density at radius 3 is 2.85 bits per heavy atom. The molecular weight excluding hydrogens is 275 g/mol. The van der Waals surface area contributed by atoms with Crippen LogP contribution in [0.2, 0.25) is 0 Å². The molecule has 0 aliphatic rings. The van der Waals surface area contributed by atoms with Gasteiger partial charge in [0.2, 0.25) is 0 Å². The molecule has 0 saturated heterocycles. The molecule has 2 aromatic rings. The molecule has 106 valence electrons. The number of para-hydroxylation sites is 1. The third-order valence-corrected chi connectivity index (χ3v) is 4.10. The van der Waals surface area contributed by atoms with E-state index in [-0.39, 0.29) is 11.6 Å². The summed E-state index contributed by atoms with van der Waals surface area (Å²) in [5, 5.41) is 7.59. The maximum absolute atomic E-state index is 13.6. The molecular formula is C15H17FN2OS. The minimum atomic E-state index is -0.425. The zero-order valence-corrected chi connectivity index (χ0v) is 12.3. The first kappa shape index (κ1) is 14.5. The van der Waals surface area contributed by atoms with Crippen LogP contribution in [0.3, 0.4) is 0 Å². The maximum atomic E-state index is 13.6. The number of hydrogen-bond donors (Lipinski definition) is 2. The van der Waals surface area contributed by atoms with Crippen LogP contribution in [0.5, 0.6) is 0 Å². The molecule has 0 radical (unpaired) electrons. The standard InChI is InChI=1S/C15H17FN2OS/c1-3-10-7-8-20-13(10)9-18-15(19)11-5-4-6-12(16)14(11)17-2/h4-8,17H,3,9H2,1-2H3,(H,18,19). The number of carbonyl (C=O) groups is 1. The van der Waals surface area contributed by atoms with Crippen molar-refractivity contribution in [3.05, 3.63) is 51.5 Å². The van der Waals surface area contributed by atoms with Gasteiger partial charge in [0.1, 0.15) is 5.82 Å². The van der Waals surface area contributed by atoms with Crippen molar-refractivity contribution in [1.82, 2.24) is 5.32 Å². The Morgan fingerprint density at radius 2 is 2.15 bits per heavy atom. The highest BCUT2D eigenvalue weighted by atomic mass is 32.1. The van der Waals surface area contributed by atoms with Crippen molar-refractivity contribution in [2.45, 2.75) is 19.9 Å². The van der Waals surface area contributed by atoms with Crippen LogP contribution in [0.15, 0.2) is 29.6 Å². The molecule has 20 heavy (non-hydrogen) atoms. The van der Waals surface area contributed by atoms with E-state index >= 15 is 0 Å². The largest absolute Gasteiger partial charge is 0.385 e. The SMILES string of the molecule is CCc1ccsc1CNC(=O)c1cccc(F)c1NC. The number of rotatable bonds is 5. The number of hydrogen-bond acceptors (Lipinski definition) is 3. The predicted octanol–water partition coefficient (Wildman–Crippen LogP) is 3.42. The van der Waals surface area contributed by atoms with E-state index < -0.39 is 5.82 Å². The van der Waals surface area contributed by atoms with E-state index in [0.29, 0.717) is 12.1 Å². The Kier molecular flexibility index (Phi) is 4.74. The van der Waals surface area contributed by atoms with Gasteiger partial charge in [0, 0.05) is 11.9 Å². The predicted molar refractivity (Wildman–Crippen MR) is 80.8 cm³/mol. The number of benzene rings is 1. The molecule has 2 N–H and O–H groups in total. The van der Waals surface area contributed by atoms with Gasteiger partial charge in [0.05, 0.1) is 17.8 Å². The van der Waals surface area contributed by atoms with E-state index in [4.69, 9.17) is 0 Å². The summed E-state index contributed by atoms with van der Waals surface area (Å²) in [5.74, 6) is -0.699. The quantitative estimate of drug-likeness (QED) is 0.886. The fraction of sp³-hybridized carbons (Fsp3) is 0.267. The van der Waals surface area contributed by atoms with Gasteiger partial charge < -0.3 is 10.6 Å². The molecule has 0 fully saturated rings. The third kappa shape index (κ3) is 2.99. The molecule has 0 unspecified atom stereocenters. The van der Waals surface area contributed by atoms with Crippen molar-refractivity contribution >= 4 is 22.9 Å². The Morgan fingerprint density at radius 1 is 1.35 bits per heavy atom. The summed E-state index contributed by atoms with van der Waals surface area (Å²) >= 11 is 1.62. The number of amides is 1. The molecule has 0 aliphatic heterocycles. The highest BCUT2D eigenvalue weighted by molar-refractivity contribution is 7.10. The van der Waals surface area contributed by atoms with Gasteiger partial charge in [0.25, 0.3) is 5.91 Å². The average Bonchev–Trinajstić information content (AvgIpc) is 2.91. The Balaban J connectivity index is 2.11. The highest BCUT2D eigenvalue weighted by Gasteiger charge is 2.14. The second-order valence-electron chi connectivity index (χ2n) is 4.32. The summed E-state index contributed by atoms with van der Waals surface area (Å²) < 4.78 is 13.6. The zero-order valence-electron chi connectivity index (χ0n) is 11.5. The number of thiophene rings is 1. The number of nitrogens with one attached hydrogen (secondary N) is 2. The van der Waals surface area contributed by atoms with E-state index in [1.54, 1.807) is 24.5 Å². The maximum Gasteiger partial charge on any atom is 0.253 e. The van der Waals surface area contributed by atoms with E-state index in [2.05, 4.69) is 23.6 Å². The van der Waals surface area contributed by atoms with Gasteiger partial charge in [-0.2, -0.15) is 0 Å². The normalized spacial score (nSPS) is 10.3. The molecule has 1 aromatic heterocycles. The molecule has 1 aromatic carbocycles. The van der Waals surface area contributed by atoms with Gasteiger partial charge in [-0.05, 0) is 35.6 Å². The van der Waals surface area contributed by atoms with Crippen molar-refractivity contribution in [2.24, 2.45) is 0 Å². The van der Waals surface area contributed by atoms with Crippen molar-refractivity contribution in [3.8, 4) is 0 Å². The summed E-state index contributed by atoms with van der Waals surface area (Å²) in [6.45, 7) is 2.55. The first-order chi connectivity index (χ1) is 9.67. The molecule has 0 spiro atoms. The minimum absolute atomic E-state index is 0.229. The van der Waals surface area contributed by atoms with E-state index in [0.717, 1.165) is 11.3 Å². The summed E-state index contributed by atoms with van der Waals surface area (Å²) in [4.78, 5) is 13.3. The van der Waals surface area contributed by atoms with Crippen LogP contribution in [-0.4, -0.2) is 13.0 Å². The fourth-order valence-electron chi connectivity index (χ4n) is 2.06. The van der Waals surface area contributed by atoms with Crippen molar-refractivity contribution < 1.29 is 9.18 Å². The van der Waals surface area contributed by atoms with Gasteiger partial charge in [-0.1, -0.05) is 13.0 Å². The number of carbonyl (C=O) groups excluding carboxylic acids is 1. The Bertz CT molecular complexity index is 610. The number of halogens is 1. The molecule has 0 aliphatic carbocycles. The molecule has 3 nitrogen and oxygen atoms in total. The van der Waals surface area contributed by atoms with Crippen LogP contribution < -0.4 is 10.6 Å². The first-order valence-electron chi connectivity index (χ1n) is 6.47. The highest BCUT2D eigenvalue weighted by Crippen LogP contribution is 2.20. The van der Waals surface area contributed by atoms with Crippen LogP contribution in [0.1, 0.15) is 27.7 Å². The van der Waals surface area contributed by atoms with Crippen molar-refractivity contribution in [2.75, 3.05) is 12.4 Å². The fourth-order valence-corrected chi connectivity index (χ4v) is 2.98. The lowest BCUT2D eigenvalue weighted by atomic mass is 10.1. The van der Waals surface area contributed by atoms with Crippen LogP contribution in [0, 0.1) is 5.82 Å². The lowest BCUT2D eigenvalue weighted by Crippen LogP contribution is -2.24. The lowest BCUT2D eigenvalue weighted by molar-refractivity contribution is 0.0951. The summed E-state index contributed by atoms with van der Waals surface area (Å²) in [6, 6.07) is 6.54. The van der Waals surface area contributed by atoms with Gasteiger partial charge in [-0.15, -0.1) is 11.3 Å². The van der Waals surface area contributed by atoms with Gasteiger partial charge in [-0.3, -0.25) is 4.79 Å². The second-order valence-corrected chi connectivity index (χ2v) is 5.32. The van der Waals surface area contributed by atoms with Crippen LogP contribution in [0.4, 0.5) is 10.1 Å². The molecule has 1 amide bonds. The van der Waals surface area contributed by atoms with E-state index in [1.165, 1.54) is 17.7 Å². The molecule has 0 saturated carbocycles. The molecule has 5 heteroatoms. The summed E-state index contributed by atoms with van der Waals surface area (Å²) in [5.41, 5.74) is 1.79. The number of aryl methyl sites for hydroxylation is 1. The molecule has 1 heterocycles. The monoisotopic (exact) mass is 292 g/mol. The summed E-state index contributed by atoms with van der Waals surface area (Å²) in [6.07, 6.45) is 0.941. The third-order valence-electron chi connectivity index (χ3n) is 3.14. The molecule has 0 bridgehead atoms. The Hall–Kier alpha value is -1.88. The number of anilines is 1. The Labute approximate surface area is 121 Å². The van der Waals surface area contributed by atoms with E-state index in [1.807, 2.05) is 5.38 Å². The van der Waals surface area contributed by atoms with Gasteiger partial charge >= 0.3 is 0 Å². The summed E-state index contributed by atoms with van der Waals surface area (Å²) in [7, 11) is 1.60. The van der Waals surface area contributed by atoms with Crippen LogP contribution in [0.25, 0.3) is 0 Å². The minimum Gasteiger partial charge on any atom is -0.385 e. The second kappa shape index (κ2) is 6.52. The van der Waals surface area contributed by atoms with Gasteiger partial charge in [-0.25, -0.2) is 4.39 Å². The molecule has 2 rings (SSSR count). The molecule has 0 atom stereocenters. The van der Waals surface area contributed by atoms with Gasteiger partial charge in [0.15, 0.2) is 0 Å². The topological polar surface area (TPSA) is 41.1 Å². The average molecular weight is 292 g/mol. The van der Waals surface area contributed by atoms with Crippen LogP contribution in [-0.2, 0) is 13.0 Å². The first-order valence-corrected chi connectivity index (χ1v) is 7.35. The lowest BCUT2D eigenvalue weighted by Gasteiger charge is -2.10.